The number of thiazole rings is 1. The molecule has 4 rings (SSSR count). The molecule has 1 amide bonds. The Hall–Kier alpha value is -2.06. The first kappa shape index (κ1) is 15.5. The van der Waals surface area contributed by atoms with Crippen molar-refractivity contribution in [3.63, 3.8) is 0 Å². The maximum absolute atomic E-state index is 12.4. The number of nitrogens with zero attached hydrogens (tertiary/aromatic N) is 4. The van der Waals surface area contributed by atoms with Gasteiger partial charge in [-0.1, -0.05) is 6.92 Å². The first-order valence-corrected chi connectivity index (χ1v) is 9.09. The molecule has 126 valence electrons. The zero-order valence-electron chi connectivity index (χ0n) is 13.4. The molecule has 1 aromatic heterocycles. The van der Waals surface area contributed by atoms with E-state index in [2.05, 4.69) is 27.2 Å². The number of aliphatic imine (C=N–C) groups is 2. The lowest BCUT2D eigenvalue weighted by molar-refractivity contribution is 0.00779. The molecule has 1 aliphatic carbocycles. The van der Waals surface area contributed by atoms with Crippen LogP contribution in [0.4, 0.5) is 0 Å². The van der Waals surface area contributed by atoms with E-state index < -0.39 is 0 Å². The first-order valence-electron chi connectivity index (χ1n) is 8.21. The average molecular weight is 345 g/mol. The third-order valence-electron chi connectivity index (χ3n) is 4.00. The van der Waals surface area contributed by atoms with Gasteiger partial charge in [0.15, 0.2) is 6.23 Å². The molecular weight excluding hydrogens is 326 g/mol. The molecule has 2 aliphatic heterocycles. The third-order valence-corrected chi connectivity index (χ3v) is 5.01. The molecule has 1 N–H and O–H groups in total. The quantitative estimate of drug-likeness (QED) is 0.856. The van der Waals surface area contributed by atoms with E-state index in [1.54, 1.807) is 23.8 Å². The molecule has 1 aromatic rings. The van der Waals surface area contributed by atoms with E-state index in [-0.39, 0.29) is 12.1 Å². The van der Waals surface area contributed by atoms with E-state index in [9.17, 15) is 4.79 Å². The number of amidine groups is 1. The zero-order valence-corrected chi connectivity index (χ0v) is 14.3. The number of hydrogen-bond acceptors (Lipinski definition) is 7. The van der Waals surface area contributed by atoms with E-state index in [0.717, 1.165) is 17.3 Å². The second-order valence-corrected chi connectivity index (χ2v) is 6.89. The molecule has 24 heavy (non-hydrogen) atoms. The highest BCUT2D eigenvalue weighted by Crippen LogP contribution is 2.41. The largest absolute Gasteiger partial charge is 0.356 e. The normalized spacial score (nSPS) is 22.2. The van der Waals surface area contributed by atoms with Gasteiger partial charge in [-0.25, -0.2) is 9.98 Å². The molecule has 3 aliphatic rings. The van der Waals surface area contributed by atoms with Crippen molar-refractivity contribution in [2.45, 2.75) is 38.3 Å². The van der Waals surface area contributed by atoms with Crippen LogP contribution in [-0.4, -0.2) is 47.2 Å². The summed E-state index contributed by atoms with van der Waals surface area (Å²) in [7, 11) is 0. The predicted molar refractivity (Wildman–Crippen MR) is 92.3 cm³/mol. The van der Waals surface area contributed by atoms with Gasteiger partial charge in [-0.15, -0.1) is 11.3 Å². The Morgan fingerprint density at radius 1 is 1.50 bits per heavy atom. The fraction of sp³-hybridized carbons (Fsp3) is 0.500. The van der Waals surface area contributed by atoms with Crippen molar-refractivity contribution in [3.8, 4) is 0 Å². The highest BCUT2D eigenvalue weighted by atomic mass is 32.1. The molecule has 1 unspecified atom stereocenters. The average Bonchev–Trinajstić information content (AvgIpc) is 3.18. The summed E-state index contributed by atoms with van der Waals surface area (Å²) in [4.78, 5) is 27.3. The van der Waals surface area contributed by atoms with Crippen LogP contribution in [0.25, 0.3) is 0 Å². The first-order chi connectivity index (χ1) is 11.7. The number of fused-ring (bicyclic) bond motifs is 1. The number of hydrogen-bond donors (Lipinski definition) is 1. The van der Waals surface area contributed by atoms with Gasteiger partial charge in [-0.3, -0.25) is 14.7 Å². The maximum atomic E-state index is 12.4. The number of rotatable bonds is 6. The molecule has 0 spiro atoms. The minimum Gasteiger partial charge on any atom is -0.356 e. The number of nitrogens with one attached hydrogen (secondary N) is 1. The van der Waals surface area contributed by atoms with Crippen molar-refractivity contribution in [3.05, 3.63) is 28.1 Å². The molecule has 1 fully saturated rings. The highest BCUT2D eigenvalue weighted by Gasteiger charge is 2.30. The fourth-order valence-electron chi connectivity index (χ4n) is 2.58. The lowest BCUT2D eigenvalue weighted by atomic mass is 10.4. The van der Waals surface area contributed by atoms with Gasteiger partial charge in [-0.05, 0) is 19.3 Å². The molecule has 3 heterocycles. The molecular formula is C16H19N5O2S. The van der Waals surface area contributed by atoms with Gasteiger partial charge < -0.3 is 10.1 Å². The van der Waals surface area contributed by atoms with Crippen LogP contribution in [0, 0.1) is 0 Å². The second kappa shape index (κ2) is 6.45. The molecule has 0 saturated heterocycles. The second-order valence-electron chi connectivity index (χ2n) is 6.00. The van der Waals surface area contributed by atoms with Gasteiger partial charge in [-0.2, -0.15) is 0 Å². The van der Waals surface area contributed by atoms with Crippen LogP contribution in [0.1, 0.15) is 47.6 Å². The van der Waals surface area contributed by atoms with E-state index in [4.69, 9.17) is 4.74 Å². The number of carbonyl (C=O) groups is 1. The van der Waals surface area contributed by atoms with Crippen molar-refractivity contribution in [2.75, 3.05) is 13.2 Å². The smallest absolute Gasteiger partial charge is 0.276 e. The van der Waals surface area contributed by atoms with Crippen molar-refractivity contribution >= 4 is 29.3 Å². The predicted octanol–water partition coefficient (Wildman–Crippen LogP) is 2.10. The lowest BCUT2D eigenvalue weighted by Gasteiger charge is -2.25. The van der Waals surface area contributed by atoms with E-state index in [0.29, 0.717) is 30.6 Å². The van der Waals surface area contributed by atoms with Gasteiger partial charge >= 0.3 is 0 Å². The van der Waals surface area contributed by atoms with E-state index in [1.165, 1.54) is 12.8 Å². The molecule has 7 nitrogen and oxygen atoms in total. The Bertz CT molecular complexity index is 735. The molecule has 0 bridgehead atoms. The van der Waals surface area contributed by atoms with E-state index in [1.807, 2.05) is 10.3 Å². The summed E-state index contributed by atoms with van der Waals surface area (Å²) < 4.78 is 5.78. The van der Waals surface area contributed by atoms with Crippen LogP contribution in [0.3, 0.4) is 0 Å². The van der Waals surface area contributed by atoms with Gasteiger partial charge in [0.05, 0.1) is 24.0 Å². The van der Waals surface area contributed by atoms with Crippen molar-refractivity contribution in [2.24, 2.45) is 9.98 Å². The minimum absolute atomic E-state index is 0.126. The summed E-state index contributed by atoms with van der Waals surface area (Å²) >= 11 is 1.56. The Labute approximate surface area is 144 Å². The van der Waals surface area contributed by atoms with Gasteiger partial charge in [0.25, 0.3) is 5.91 Å². The van der Waals surface area contributed by atoms with Crippen LogP contribution in [0.2, 0.25) is 0 Å². The topological polar surface area (TPSA) is 79.2 Å². The van der Waals surface area contributed by atoms with Crippen LogP contribution < -0.4 is 5.32 Å². The van der Waals surface area contributed by atoms with Crippen molar-refractivity contribution in [1.82, 2.24) is 15.2 Å². The summed E-state index contributed by atoms with van der Waals surface area (Å²) in [6, 6.07) is 0. The third kappa shape index (κ3) is 3.11. The molecule has 8 heteroatoms. The maximum Gasteiger partial charge on any atom is 0.276 e. The van der Waals surface area contributed by atoms with Crippen molar-refractivity contribution in [1.29, 1.82) is 0 Å². The van der Waals surface area contributed by atoms with Gasteiger partial charge in [0, 0.05) is 17.9 Å². The summed E-state index contributed by atoms with van der Waals surface area (Å²) in [6.45, 7) is 3.33. The van der Waals surface area contributed by atoms with Crippen LogP contribution in [0.15, 0.2) is 27.4 Å². The number of ether oxygens (including phenoxy) is 1. The molecule has 1 atom stereocenters. The zero-order chi connectivity index (χ0) is 16.5. The minimum atomic E-state index is -0.229. The fourth-order valence-corrected chi connectivity index (χ4v) is 3.55. The number of carbonyl (C=O) groups excluding carboxylic acids is 1. The monoisotopic (exact) mass is 345 g/mol. The van der Waals surface area contributed by atoms with Crippen molar-refractivity contribution < 1.29 is 9.53 Å². The van der Waals surface area contributed by atoms with Crippen LogP contribution in [0.5, 0.6) is 0 Å². The van der Waals surface area contributed by atoms with E-state index >= 15 is 0 Å². The van der Waals surface area contributed by atoms with Crippen LogP contribution >= 0.6 is 11.3 Å². The van der Waals surface area contributed by atoms with Gasteiger partial charge in [0.1, 0.15) is 17.4 Å². The number of aromatic nitrogens is 1. The van der Waals surface area contributed by atoms with Gasteiger partial charge in [0.2, 0.25) is 0 Å². The molecule has 0 radical (unpaired) electrons. The molecule has 0 aromatic carbocycles. The summed E-state index contributed by atoms with van der Waals surface area (Å²) in [5.41, 5.74) is 0.456. The molecule has 1 saturated carbocycles. The SMILES string of the molecule is CCCOC1CN=C2C=NC(NC(=O)c3csc(C4CC4)n3)=CN21. The summed E-state index contributed by atoms with van der Waals surface area (Å²) in [5.74, 6) is 1.57. The van der Waals surface area contributed by atoms with Crippen LogP contribution in [-0.2, 0) is 4.74 Å². The Balaban J connectivity index is 1.42. The highest BCUT2D eigenvalue weighted by molar-refractivity contribution is 7.10. The lowest BCUT2D eigenvalue weighted by Crippen LogP contribution is -2.38. The summed E-state index contributed by atoms with van der Waals surface area (Å²) in [6.07, 6.45) is 6.62. The Morgan fingerprint density at radius 3 is 3.17 bits per heavy atom. The standard InChI is InChI=1S/C16H19N5O2S/c1-2-5-23-14-7-18-13-6-17-12(8-21(13)14)20-15(22)11-9-24-16(19-11)10-3-4-10/h6,8-10,14H,2-5,7H2,1H3,(H,20,22). The summed E-state index contributed by atoms with van der Waals surface area (Å²) in [5, 5.41) is 5.68. The Morgan fingerprint density at radius 2 is 2.38 bits per heavy atom. The number of amides is 1. The Kier molecular flexibility index (Phi) is 4.15.